The second-order valence-electron chi connectivity index (χ2n) is 8.36. The van der Waals surface area contributed by atoms with E-state index in [0.717, 1.165) is 21.4 Å². The molecule has 170 valence electrons. The highest BCUT2D eigenvalue weighted by molar-refractivity contribution is 5.96. The van der Waals surface area contributed by atoms with E-state index < -0.39 is 11.8 Å². The van der Waals surface area contributed by atoms with Gasteiger partial charge in [0.05, 0.1) is 36.0 Å². The first-order chi connectivity index (χ1) is 15.8. The molecule has 2 aromatic carbocycles. The number of aryl methyl sites for hydroxylation is 2. The molecule has 2 aromatic heterocycles. The van der Waals surface area contributed by atoms with Crippen LogP contribution in [0.3, 0.4) is 0 Å². The summed E-state index contributed by atoms with van der Waals surface area (Å²) in [5.74, 6) is 0.353. The van der Waals surface area contributed by atoms with E-state index in [1.165, 1.54) is 18.7 Å². The fraction of sp³-hybridized carbons (Fsp3) is 0.280. The molecule has 0 spiro atoms. The number of fused-ring (bicyclic) bond motifs is 3. The number of benzene rings is 2. The Morgan fingerprint density at radius 1 is 1.06 bits per heavy atom. The van der Waals surface area contributed by atoms with Gasteiger partial charge in [0.25, 0.3) is 5.56 Å². The van der Waals surface area contributed by atoms with Crippen LogP contribution in [-0.4, -0.2) is 32.5 Å². The predicted molar refractivity (Wildman–Crippen MR) is 125 cm³/mol. The summed E-state index contributed by atoms with van der Waals surface area (Å²) in [6, 6.07) is 13.1. The Bertz CT molecular complexity index is 1510. The molecule has 1 aliphatic heterocycles. The van der Waals surface area contributed by atoms with Crippen LogP contribution in [0.5, 0.6) is 11.5 Å². The van der Waals surface area contributed by atoms with Gasteiger partial charge in [-0.25, -0.2) is 4.79 Å². The molecule has 1 aliphatic rings. The highest BCUT2D eigenvalue weighted by Crippen LogP contribution is 2.42. The number of phenolic OH excluding ortho intramolecular Hbond substituents is 1. The summed E-state index contributed by atoms with van der Waals surface area (Å²) in [6.45, 7) is 2.96. The van der Waals surface area contributed by atoms with E-state index in [2.05, 4.69) is 4.57 Å². The van der Waals surface area contributed by atoms with E-state index in [4.69, 9.17) is 9.47 Å². The van der Waals surface area contributed by atoms with Crippen molar-refractivity contribution in [2.24, 2.45) is 14.1 Å². The molecule has 0 aliphatic carbocycles. The summed E-state index contributed by atoms with van der Waals surface area (Å²) < 4.78 is 16.1. The summed E-state index contributed by atoms with van der Waals surface area (Å²) >= 11 is 0. The fourth-order valence-electron chi connectivity index (χ4n) is 4.72. The number of rotatable bonds is 3. The minimum atomic E-state index is -0.574. The normalized spacial score (nSPS) is 15.6. The molecule has 0 fully saturated rings. The Kier molecular flexibility index (Phi) is 4.90. The van der Waals surface area contributed by atoms with Gasteiger partial charge in [-0.2, -0.15) is 0 Å². The first kappa shape index (κ1) is 21.1. The molecule has 0 bridgehead atoms. The zero-order chi connectivity index (χ0) is 23.4. The number of aromatic hydroxyl groups is 1. The summed E-state index contributed by atoms with van der Waals surface area (Å²) in [5.41, 5.74) is 3.99. The minimum absolute atomic E-state index is 0.00449. The van der Waals surface area contributed by atoms with Crippen molar-refractivity contribution in [2.45, 2.75) is 19.6 Å². The van der Waals surface area contributed by atoms with Gasteiger partial charge in [0, 0.05) is 20.6 Å². The Morgan fingerprint density at radius 3 is 2.45 bits per heavy atom. The molecule has 0 saturated heterocycles. The van der Waals surface area contributed by atoms with E-state index in [-0.39, 0.29) is 11.3 Å². The summed E-state index contributed by atoms with van der Waals surface area (Å²) in [6.07, 6.45) is -0.574. The average Bonchev–Trinajstić information content (AvgIpc) is 3.17. The third-order valence-electron chi connectivity index (χ3n) is 6.38. The maximum atomic E-state index is 13.4. The Hall–Kier alpha value is -3.78. The largest absolute Gasteiger partial charge is 0.504 e. The van der Waals surface area contributed by atoms with Gasteiger partial charge in [-0.15, -0.1) is 0 Å². The maximum Gasteiger partial charge on any atom is 0.331 e. The van der Waals surface area contributed by atoms with Crippen molar-refractivity contribution in [3.63, 3.8) is 0 Å². The monoisotopic (exact) mass is 447 g/mol. The summed E-state index contributed by atoms with van der Waals surface area (Å²) in [7, 11) is 4.65. The smallest absolute Gasteiger partial charge is 0.331 e. The third-order valence-corrected chi connectivity index (χ3v) is 6.38. The van der Waals surface area contributed by atoms with Crippen molar-refractivity contribution < 1.29 is 14.6 Å². The minimum Gasteiger partial charge on any atom is -0.504 e. The Balaban J connectivity index is 1.89. The quantitative estimate of drug-likeness (QED) is 0.522. The van der Waals surface area contributed by atoms with Crippen molar-refractivity contribution in [3.05, 3.63) is 80.1 Å². The lowest BCUT2D eigenvalue weighted by Gasteiger charge is -2.28. The molecular weight excluding hydrogens is 422 g/mol. The SMILES string of the molecule is COc1ccc([C@@H]2OCCn3c(-c4ccc(C)cc4)c4c(=O)n(C)c(=O)n(C)c4c32)cc1O. The second kappa shape index (κ2) is 7.67. The van der Waals surface area contributed by atoms with E-state index in [1.807, 2.05) is 37.3 Å². The van der Waals surface area contributed by atoms with Crippen LogP contribution in [0.15, 0.2) is 52.1 Å². The Labute approximate surface area is 189 Å². The molecule has 8 heteroatoms. The molecule has 0 radical (unpaired) electrons. The zero-order valence-corrected chi connectivity index (χ0v) is 19.0. The van der Waals surface area contributed by atoms with E-state index in [0.29, 0.717) is 41.1 Å². The van der Waals surface area contributed by atoms with Gasteiger partial charge >= 0.3 is 5.69 Å². The maximum absolute atomic E-state index is 13.4. The molecule has 8 nitrogen and oxygen atoms in total. The molecule has 4 aromatic rings. The van der Waals surface area contributed by atoms with Crippen LogP contribution in [0.1, 0.15) is 22.9 Å². The molecule has 33 heavy (non-hydrogen) atoms. The number of aromatic nitrogens is 3. The van der Waals surface area contributed by atoms with Gasteiger partial charge in [-0.1, -0.05) is 35.9 Å². The topological polar surface area (TPSA) is 87.6 Å². The van der Waals surface area contributed by atoms with Crippen molar-refractivity contribution in [1.82, 2.24) is 13.7 Å². The lowest BCUT2D eigenvalue weighted by Crippen LogP contribution is -2.37. The van der Waals surface area contributed by atoms with Crippen molar-refractivity contribution in [1.29, 1.82) is 0 Å². The van der Waals surface area contributed by atoms with Gasteiger partial charge in [-0.05, 0) is 30.2 Å². The highest BCUT2D eigenvalue weighted by Gasteiger charge is 2.33. The lowest BCUT2D eigenvalue weighted by atomic mass is 10.0. The number of phenols is 1. The van der Waals surface area contributed by atoms with Crippen LogP contribution in [0, 0.1) is 6.92 Å². The van der Waals surface area contributed by atoms with Crippen LogP contribution in [0.4, 0.5) is 0 Å². The van der Waals surface area contributed by atoms with Crippen LogP contribution in [0.25, 0.3) is 22.2 Å². The molecule has 3 heterocycles. The number of hydrogen-bond acceptors (Lipinski definition) is 5. The molecule has 0 amide bonds. The van der Waals surface area contributed by atoms with Crippen LogP contribution in [0.2, 0.25) is 0 Å². The van der Waals surface area contributed by atoms with Gasteiger partial charge in [0.15, 0.2) is 11.5 Å². The average molecular weight is 447 g/mol. The molecular formula is C25H25N3O5. The fourth-order valence-corrected chi connectivity index (χ4v) is 4.72. The first-order valence-corrected chi connectivity index (χ1v) is 10.7. The molecule has 5 rings (SSSR count). The molecule has 1 atom stereocenters. The van der Waals surface area contributed by atoms with Gasteiger partial charge < -0.3 is 19.1 Å². The number of methoxy groups -OCH3 is 1. The number of hydrogen-bond donors (Lipinski definition) is 1. The summed E-state index contributed by atoms with van der Waals surface area (Å²) in [4.78, 5) is 26.3. The first-order valence-electron chi connectivity index (χ1n) is 10.7. The van der Waals surface area contributed by atoms with Crippen molar-refractivity contribution >= 4 is 10.9 Å². The van der Waals surface area contributed by atoms with Gasteiger partial charge in [0.2, 0.25) is 0 Å². The summed E-state index contributed by atoms with van der Waals surface area (Å²) in [5, 5.41) is 10.9. The van der Waals surface area contributed by atoms with E-state index >= 15 is 0 Å². The van der Waals surface area contributed by atoms with Crippen molar-refractivity contribution in [2.75, 3.05) is 13.7 Å². The number of ether oxygens (including phenoxy) is 2. The Morgan fingerprint density at radius 2 is 1.79 bits per heavy atom. The van der Waals surface area contributed by atoms with E-state index in [9.17, 15) is 14.7 Å². The molecule has 0 unspecified atom stereocenters. The van der Waals surface area contributed by atoms with Crippen LogP contribution < -0.4 is 16.0 Å². The highest BCUT2D eigenvalue weighted by atomic mass is 16.5. The van der Waals surface area contributed by atoms with Gasteiger partial charge in [0.1, 0.15) is 6.10 Å². The molecule has 1 N–H and O–H groups in total. The predicted octanol–water partition coefficient (Wildman–Crippen LogP) is 2.85. The van der Waals surface area contributed by atoms with Gasteiger partial charge in [-0.3, -0.25) is 13.9 Å². The van der Waals surface area contributed by atoms with Crippen LogP contribution >= 0.6 is 0 Å². The second-order valence-corrected chi connectivity index (χ2v) is 8.36. The van der Waals surface area contributed by atoms with Crippen LogP contribution in [-0.2, 0) is 25.4 Å². The zero-order valence-electron chi connectivity index (χ0n) is 19.0. The third kappa shape index (κ3) is 3.09. The standard InChI is InChI=1S/C25H25N3O5/c1-14-5-7-15(8-6-14)20-19-21(26(2)25(31)27(3)24(19)30)22-23(33-12-11-28(20)22)16-9-10-18(32-4)17(29)13-16/h5-10,13,23,29H,11-12H2,1-4H3/t23-/m0/s1. The number of nitrogens with zero attached hydrogens (tertiary/aromatic N) is 3. The lowest BCUT2D eigenvalue weighted by molar-refractivity contribution is 0.0477. The van der Waals surface area contributed by atoms with Crippen molar-refractivity contribution in [3.8, 4) is 22.8 Å². The molecule has 0 saturated carbocycles. The van der Waals surface area contributed by atoms with E-state index in [1.54, 1.807) is 19.2 Å².